The van der Waals surface area contributed by atoms with E-state index in [1.54, 1.807) is 0 Å². The first kappa shape index (κ1) is 15.2. The predicted octanol–water partition coefficient (Wildman–Crippen LogP) is 2.82. The first-order valence-electron chi connectivity index (χ1n) is 8.07. The molecule has 0 unspecified atom stereocenters. The van der Waals surface area contributed by atoms with Gasteiger partial charge in [-0.3, -0.25) is 9.88 Å². The van der Waals surface area contributed by atoms with Crippen LogP contribution < -0.4 is 0 Å². The Morgan fingerprint density at radius 1 is 1.18 bits per heavy atom. The third-order valence-electron chi connectivity index (χ3n) is 4.61. The van der Waals surface area contributed by atoms with Crippen molar-refractivity contribution in [1.29, 1.82) is 0 Å². The van der Waals surface area contributed by atoms with Gasteiger partial charge >= 0.3 is 0 Å². The highest BCUT2D eigenvalue weighted by Gasteiger charge is 2.28. The topological polar surface area (TPSA) is 36.4 Å². The molecule has 2 heterocycles. The van der Waals surface area contributed by atoms with Crippen molar-refractivity contribution in [3.8, 4) is 0 Å². The van der Waals surface area contributed by atoms with Crippen molar-refractivity contribution in [1.82, 2.24) is 9.88 Å². The number of nitrogens with zero attached hydrogens (tertiary/aromatic N) is 2. The van der Waals surface area contributed by atoms with Gasteiger partial charge in [0.05, 0.1) is 11.8 Å². The molecule has 1 aliphatic rings. The zero-order valence-corrected chi connectivity index (χ0v) is 13.2. The minimum atomic E-state index is -0.193. The summed E-state index contributed by atoms with van der Waals surface area (Å²) in [5.74, 6) is 0.306. The Labute approximate surface area is 132 Å². The molecule has 0 saturated carbocycles. The average Bonchev–Trinajstić information content (AvgIpc) is 2.54. The molecule has 0 radical (unpaired) electrons. The lowest BCUT2D eigenvalue weighted by Gasteiger charge is -2.36. The summed E-state index contributed by atoms with van der Waals surface area (Å²) in [4.78, 5) is 6.92. The molecule has 3 nitrogen and oxygen atoms in total. The maximum atomic E-state index is 10.3. The van der Waals surface area contributed by atoms with Gasteiger partial charge < -0.3 is 5.11 Å². The van der Waals surface area contributed by atoms with E-state index in [1.807, 2.05) is 18.3 Å². The van der Waals surface area contributed by atoms with Crippen molar-refractivity contribution in [3.05, 3.63) is 65.5 Å². The van der Waals surface area contributed by atoms with Crippen LogP contribution in [-0.2, 0) is 13.0 Å². The molecule has 1 aliphatic heterocycles. The summed E-state index contributed by atoms with van der Waals surface area (Å²) >= 11 is 0. The van der Waals surface area contributed by atoms with Gasteiger partial charge in [0.2, 0.25) is 0 Å². The number of hydrogen-bond donors (Lipinski definition) is 1. The minimum Gasteiger partial charge on any atom is -0.393 e. The SMILES string of the molecule is Cc1cccnc1CN1CC[C@H](O)[C@H](Cc2ccccc2)C1. The molecule has 22 heavy (non-hydrogen) atoms. The fourth-order valence-corrected chi connectivity index (χ4v) is 3.25. The summed E-state index contributed by atoms with van der Waals surface area (Å²) in [6.45, 7) is 4.88. The summed E-state index contributed by atoms with van der Waals surface area (Å²) in [5, 5.41) is 10.3. The van der Waals surface area contributed by atoms with Gasteiger partial charge in [-0.05, 0) is 37.0 Å². The number of aryl methyl sites for hydroxylation is 1. The number of piperidine rings is 1. The molecule has 0 bridgehead atoms. The molecule has 1 aromatic heterocycles. The fourth-order valence-electron chi connectivity index (χ4n) is 3.25. The number of aromatic nitrogens is 1. The lowest BCUT2D eigenvalue weighted by Crippen LogP contribution is -2.43. The molecule has 0 spiro atoms. The van der Waals surface area contributed by atoms with Crippen LogP contribution in [0.2, 0.25) is 0 Å². The van der Waals surface area contributed by atoms with E-state index in [4.69, 9.17) is 0 Å². The van der Waals surface area contributed by atoms with Gasteiger partial charge in [0.25, 0.3) is 0 Å². The van der Waals surface area contributed by atoms with Crippen LogP contribution in [0.15, 0.2) is 48.7 Å². The highest BCUT2D eigenvalue weighted by molar-refractivity contribution is 5.18. The molecule has 0 aliphatic carbocycles. The van der Waals surface area contributed by atoms with E-state index >= 15 is 0 Å². The number of likely N-dealkylation sites (tertiary alicyclic amines) is 1. The zero-order chi connectivity index (χ0) is 15.4. The number of aliphatic hydroxyl groups excluding tert-OH is 1. The van der Waals surface area contributed by atoms with Crippen molar-refractivity contribution in [2.24, 2.45) is 5.92 Å². The molecule has 1 aromatic carbocycles. The van der Waals surface area contributed by atoms with Gasteiger partial charge in [0.15, 0.2) is 0 Å². The van der Waals surface area contributed by atoms with Crippen molar-refractivity contribution in [3.63, 3.8) is 0 Å². The van der Waals surface area contributed by atoms with Gasteiger partial charge in [-0.1, -0.05) is 36.4 Å². The minimum absolute atomic E-state index is 0.193. The number of aliphatic hydroxyl groups is 1. The predicted molar refractivity (Wildman–Crippen MR) is 88.5 cm³/mol. The smallest absolute Gasteiger partial charge is 0.0596 e. The molecule has 3 rings (SSSR count). The Morgan fingerprint density at radius 3 is 2.77 bits per heavy atom. The maximum Gasteiger partial charge on any atom is 0.0596 e. The van der Waals surface area contributed by atoms with E-state index in [0.29, 0.717) is 5.92 Å². The standard InChI is InChI=1S/C19H24N2O/c1-15-6-5-10-20-18(15)14-21-11-9-19(22)17(13-21)12-16-7-3-2-4-8-16/h2-8,10,17,19,22H,9,11-14H2,1H3/t17-,19+/m1/s1. The van der Waals surface area contributed by atoms with E-state index in [9.17, 15) is 5.11 Å². The second-order valence-corrected chi connectivity index (χ2v) is 6.31. The lowest BCUT2D eigenvalue weighted by atomic mass is 9.88. The fraction of sp³-hybridized carbons (Fsp3) is 0.421. The molecular formula is C19H24N2O. The molecule has 1 fully saturated rings. The zero-order valence-electron chi connectivity index (χ0n) is 13.2. The largest absolute Gasteiger partial charge is 0.393 e. The van der Waals surface area contributed by atoms with Crippen LogP contribution >= 0.6 is 0 Å². The van der Waals surface area contributed by atoms with Gasteiger partial charge in [0, 0.05) is 31.7 Å². The summed E-state index contributed by atoms with van der Waals surface area (Å²) < 4.78 is 0. The Hall–Kier alpha value is -1.71. The van der Waals surface area contributed by atoms with Crippen molar-refractivity contribution in [2.75, 3.05) is 13.1 Å². The number of pyridine rings is 1. The lowest BCUT2D eigenvalue weighted by molar-refractivity contribution is 0.0234. The van der Waals surface area contributed by atoms with Crippen LogP contribution in [0, 0.1) is 12.8 Å². The van der Waals surface area contributed by atoms with Gasteiger partial charge in [-0.15, -0.1) is 0 Å². The number of rotatable bonds is 4. The van der Waals surface area contributed by atoms with E-state index in [0.717, 1.165) is 38.2 Å². The van der Waals surface area contributed by atoms with E-state index in [1.165, 1.54) is 11.1 Å². The maximum absolute atomic E-state index is 10.3. The summed E-state index contributed by atoms with van der Waals surface area (Å²) in [6, 6.07) is 14.6. The summed E-state index contributed by atoms with van der Waals surface area (Å²) in [7, 11) is 0. The van der Waals surface area contributed by atoms with Gasteiger partial charge in [-0.25, -0.2) is 0 Å². The quantitative estimate of drug-likeness (QED) is 0.942. The van der Waals surface area contributed by atoms with Crippen molar-refractivity contribution in [2.45, 2.75) is 32.4 Å². The molecule has 0 amide bonds. The molecule has 3 heteroatoms. The van der Waals surface area contributed by atoms with Gasteiger partial charge in [0.1, 0.15) is 0 Å². The molecule has 1 saturated heterocycles. The molecule has 2 atom stereocenters. The molecule has 116 valence electrons. The Morgan fingerprint density at radius 2 is 2.00 bits per heavy atom. The second-order valence-electron chi connectivity index (χ2n) is 6.31. The third kappa shape index (κ3) is 3.73. The Kier molecular flexibility index (Phi) is 4.86. The van der Waals surface area contributed by atoms with E-state index in [-0.39, 0.29) is 6.10 Å². The normalized spacial score (nSPS) is 22.6. The first-order chi connectivity index (χ1) is 10.7. The highest BCUT2D eigenvalue weighted by Crippen LogP contribution is 2.23. The highest BCUT2D eigenvalue weighted by atomic mass is 16.3. The average molecular weight is 296 g/mol. The van der Waals surface area contributed by atoms with Crippen molar-refractivity contribution < 1.29 is 5.11 Å². The van der Waals surface area contributed by atoms with Crippen LogP contribution in [0.4, 0.5) is 0 Å². The Balaban J connectivity index is 1.64. The third-order valence-corrected chi connectivity index (χ3v) is 4.61. The summed E-state index contributed by atoms with van der Waals surface area (Å²) in [5.41, 5.74) is 3.70. The van der Waals surface area contributed by atoms with Gasteiger partial charge in [-0.2, -0.15) is 0 Å². The molecular weight excluding hydrogens is 272 g/mol. The van der Waals surface area contributed by atoms with Crippen molar-refractivity contribution >= 4 is 0 Å². The van der Waals surface area contributed by atoms with E-state index < -0.39 is 0 Å². The first-order valence-corrected chi connectivity index (χ1v) is 8.07. The molecule has 2 aromatic rings. The monoisotopic (exact) mass is 296 g/mol. The van der Waals surface area contributed by atoms with Crippen LogP contribution in [0.5, 0.6) is 0 Å². The van der Waals surface area contributed by atoms with Crippen LogP contribution in [0.1, 0.15) is 23.2 Å². The van der Waals surface area contributed by atoms with Crippen LogP contribution in [0.3, 0.4) is 0 Å². The van der Waals surface area contributed by atoms with Crippen LogP contribution in [0.25, 0.3) is 0 Å². The number of hydrogen-bond acceptors (Lipinski definition) is 3. The Bertz CT molecular complexity index is 599. The van der Waals surface area contributed by atoms with E-state index in [2.05, 4.69) is 47.1 Å². The summed E-state index contributed by atoms with van der Waals surface area (Å²) in [6.07, 6.45) is 3.47. The molecule has 1 N–H and O–H groups in total. The van der Waals surface area contributed by atoms with Crippen LogP contribution in [-0.4, -0.2) is 34.2 Å². The second kappa shape index (κ2) is 7.03. The number of benzene rings is 1.